The zero-order chi connectivity index (χ0) is 26.1. The number of imidazole rings is 1. The van der Waals surface area contributed by atoms with E-state index in [-0.39, 0.29) is 23.5 Å². The summed E-state index contributed by atoms with van der Waals surface area (Å²) in [6, 6.07) is 4.32. The first kappa shape index (κ1) is 24.7. The fourth-order valence-corrected chi connectivity index (χ4v) is 5.32. The average Bonchev–Trinajstić information content (AvgIpc) is 3.44. The average molecular weight is 522 g/mol. The molecule has 2 aliphatic carbocycles. The Morgan fingerprint density at radius 3 is 2.53 bits per heavy atom. The number of aldehydes is 1. The highest BCUT2D eigenvalue weighted by Gasteiger charge is 2.29. The van der Waals surface area contributed by atoms with Crippen molar-refractivity contribution in [2.24, 2.45) is 0 Å². The van der Waals surface area contributed by atoms with Crippen molar-refractivity contribution in [3.05, 3.63) is 42.2 Å². The van der Waals surface area contributed by atoms with E-state index in [1.807, 2.05) is 6.07 Å². The molecule has 3 aliphatic rings. The van der Waals surface area contributed by atoms with Crippen molar-refractivity contribution in [1.29, 1.82) is 0 Å². The Morgan fingerprint density at radius 2 is 1.76 bits per heavy atom. The molecule has 38 heavy (non-hydrogen) atoms. The largest absolute Gasteiger partial charge is 0.379 e. The van der Waals surface area contributed by atoms with E-state index in [2.05, 4.69) is 36.4 Å². The molecule has 3 aromatic heterocycles. The molecule has 12 heteroatoms. The van der Waals surface area contributed by atoms with Gasteiger partial charge in [0.25, 0.3) is 5.91 Å². The van der Waals surface area contributed by atoms with Crippen LogP contribution in [-0.2, 0) is 4.79 Å². The molecule has 11 nitrogen and oxygen atoms in total. The van der Waals surface area contributed by atoms with Crippen molar-refractivity contribution < 1.29 is 14.0 Å². The van der Waals surface area contributed by atoms with Gasteiger partial charge >= 0.3 is 0 Å². The number of carbonyl (C=O) groups is 2. The second-order valence-electron chi connectivity index (χ2n) is 10.4. The summed E-state index contributed by atoms with van der Waals surface area (Å²) in [5.41, 5.74) is 5.18. The van der Waals surface area contributed by atoms with Crippen LogP contribution in [0.4, 0.5) is 21.6 Å². The highest BCUT2D eigenvalue weighted by molar-refractivity contribution is 6.03. The van der Waals surface area contributed by atoms with Gasteiger partial charge in [-0.15, -0.1) is 5.10 Å². The van der Waals surface area contributed by atoms with E-state index in [1.165, 1.54) is 23.0 Å². The predicted molar refractivity (Wildman–Crippen MR) is 140 cm³/mol. The molecular formula is C26H32FN9O2. The first-order valence-corrected chi connectivity index (χ1v) is 13.4. The van der Waals surface area contributed by atoms with Gasteiger partial charge in [-0.3, -0.25) is 15.2 Å². The topological polar surface area (TPSA) is 129 Å². The Balaban J connectivity index is 1.17. The summed E-state index contributed by atoms with van der Waals surface area (Å²) in [6.45, 7) is 0.914. The van der Waals surface area contributed by atoms with Crippen LogP contribution in [0.25, 0.3) is 5.65 Å². The Hall–Kier alpha value is -3.64. The maximum absolute atomic E-state index is 14.1. The van der Waals surface area contributed by atoms with Crippen LogP contribution in [0, 0.1) is 5.82 Å². The second-order valence-corrected chi connectivity index (χ2v) is 10.4. The van der Waals surface area contributed by atoms with Crippen LogP contribution in [0.5, 0.6) is 0 Å². The molecule has 3 aromatic rings. The van der Waals surface area contributed by atoms with Crippen LogP contribution < -0.4 is 21.4 Å². The van der Waals surface area contributed by atoms with E-state index >= 15 is 0 Å². The minimum Gasteiger partial charge on any atom is -0.379 e. The molecule has 1 amide bonds. The van der Waals surface area contributed by atoms with Gasteiger partial charge in [-0.2, -0.15) is 0 Å². The van der Waals surface area contributed by atoms with Crippen LogP contribution in [-0.4, -0.2) is 67.5 Å². The van der Waals surface area contributed by atoms with Crippen LogP contribution in [0.15, 0.2) is 30.7 Å². The zero-order valence-electron chi connectivity index (χ0n) is 21.1. The second kappa shape index (κ2) is 10.6. The van der Waals surface area contributed by atoms with Crippen molar-refractivity contribution in [2.75, 3.05) is 22.5 Å². The van der Waals surface area contributed by atoms with Gasteiger partial charge in [-0.25, -0.2) is 18.9 Å². The number of carbonyl (C=O) groups excluding carboxylic acids is 2. The number of anilines is 3. The monoisotopic (exact) mass is 521 g/mol. The Labute approximate surface area is 219 Å². The number of nitrogens with zero attached hydrogens (tertiary/aromatic N) is 5. The van der Waals surface area contributed by atoms with Crippen molar-refractivity contribution in [3.8, 4) is 0 Å². The number of nitrogens with one attached hydrogen (secondary N) is 4. The number of fused-ring (bicyclic) bond motifs is 1. The molecule has 1 saturated heterocycles. The van der Waals surface area contributed by atoms with Crippen molar-refractivity contribution in [1.82, 2.24) is 30.0 Å². The lowest BCUT2D eigenvalue weighted by Gasteiger charge is -2.34. The van der Waals surface area contributed by atoms with E-state index in [9.17, 15) is 14.0 Å². The predicted octanol–water partition coefficient (Wildman–Crippen LogP) is 2.98. The fourth-order valence-electron chi connectivity index (χ4n) is 5.32. The summed E-state index contributed by atoms with van der Waals surface area (Å²) in [6.07, 6.45) is 13.0. The van der Waals surface area contributed by atoms with Gasteiger partial charge in [-0.1, -0.05) is 0 Å². The summed E-state index contributed by atoms with van der Waals surface area (Å²) in [5.74, 6) is -0.468. The van der Waals surface area contributed by atoms with Crippen LogP contribution in [0.2, 0.25) is 0 Å². The van der Waals surface area contributed by atoms with Crippen molar-refractivity contribution in [3.63, 3.8) is 0 Å². The van der Waals surface area contributed by atoms with Crippen LogP contribution in [0.3, 0.4) is 0 Å². The molecule has 0 spiro atoms. The molecule has 1 atom stereocenters. The molecule has 1 aliphatic heterocycles. The van der Waals surface area contributed by atoms with Crippen molar-refractivity contribution in [2.45, 2.75) is 75.5 Å². The number of hydrogen-bond acceptors (Lipinski definition) is 9. The van der Waals surface area contributed by atoms with E-state index in [0.29, 0.717) is 23.5 Å². The molecule has 200 valence electrons. The molecule has 6 rings (SSSR count). The van der Waals surface area contributed by atoms with E-state index < -0.39 is 11.7 Å². The molecule has 0 unspecified atom stereocenters. The zero-order valence-corrected chi connectivity index (χ0v) is 21.1. The van der Waals surface area contributed by atoms with Gasteiger partial charge in [0, 0.05) is 36.9 Å². The Bertz CT molecular complexity index is 1320. The Kier molecular flexibility index (Phi) is 6.90. The minimum absolute atomic E-state index is 0.0178. The number of rotatable bonds is 9. The third-order valence-corrected chi connectivity index (χ3v) is 7.54. The van der Waals surface area contributed by atoms with Gasteiger partial charge in [0.1, 0.15) is 12.1 Å². The molecule has 3 fully saturated rings. The number of hydrogen-bond donors (Lipinski definition) is 4. The highest BCUT2D eigenvalue weighted by atomic mass is 19.1. The molecule has 0 radical (unpaired) electrons. The summed E-state index contributed by atoms with van der Waals surface area (Å²) < 4.78 is 15.6. The standard InChI is InChI=1S/C26H32FN9O2/c27-20-13-28-10-9-21(20)32-26(38)23-14-29-25-22(30-16-3-4-16)12-24(34-36(23)25)31-17-5-7-18(8-6-17)33-35-11-1-2-19(35)15-37/h9-10,12-19,30,33H,1-8,11H2,(H,31,34)(H,28,32,38)/t17?,18?,19-/m1/s1. The minimum atomic E-state index is -0.613. The quantitative estimate of drug-likeness (QED) is 0.314. The summed E-state index contributed by atoms with van der Waals surface area (Å²) >= 11 is 0. The van der Waals surface area contributed by atoms with Gasteiger partial charge in [-0.05, 0) is 57.4 Å². The van der Waals surface area contributed by atoms with Crippen molar-refractivity contribution >= 4 is 35.0 Å². The SMILES string of the molecule is O=C[C@H]1CCCN1NC1CCC(Nc2cc(NC3CC3)c3ncc(C(=O)Nc4ccncc4F)n3n2)CC1. The van der Waals surface area contributed by atoms with E-state index in [1.54, 1.807) is 0 Å². The molecule has 0 aromatic carbocycles. The highest BCUT2D eigenvalue weighted by Crippen LogP contribution is 2.30. The number of aromatic nitrogens is 4. The lowest BCUT2D eigenvalue weighted by molar-refractivity contribution is -0.112. The van der Waals surface area contributed by atoms with Crippen LogP contribution in [0.1, 0.15) is 61.9 Å². The van der Waals surface area contributed by atoms with Gasteiger partial charge in [0.05, 0.1) is 29.8 Å². The van der Waals surface area contributed by atoms with E-state index in [4.69, 9.17) is 5.10 Å². The Morgan fingerprint density at radius 1 is 1.00 bits per heavy atom. The lowest BCUT2D eigenvalue weighted by atomic mass is 9.91. The lowest BCUT2D eigenvalue weighted by Crippen LogP contribution is -2.49. The van der Waals surface area contributed by atoms with Gasteiger partial charge in [0.15, 0.2) is 17.2 Å². The van der Waals surface area contributed by atoms with Gasteiger partial charge in [0.2, 0.25) is 0 Å². The van der Waals surface area contributed by atoms with Crippen LogP contribution >= 0.6 is 0 Å². The summed E-state index contributed by atoms with van der Waals surface area (Å²) in [7, 11) is 0. The first-order chi connectivity index (χ1) is 18.6. The third kappa shape index (κ3) is 5.32. The maximum Gasteiger partial charge on any atom is 0.276 e. The smallest absolute Gasteiger partial charge is 0.276 e. The number of hydrazine groups is 1. The first-order valence-electron chi connectivity index (χ1n) is 13.4. The summed E-state index contributed by atoms with van der Waals surface area (Å²) in [4.78, 5) is 32.5. The third-order valence-electron chi connectivity index (χ3n) is 7.54. The normalized spacial score (nSPS) is 23.9. The molecule has 4 N–H and O–H groups in total. The molecular weight excluding hydrogens is 489 g/mol. The fraction of sp³-hybridized carbons (Fsp3) is 0.500. The molecule has 0 bridgehead atoms. The number of pyridine rings is 1. The number of halogens is 1. The van der Waals surface area contributed by atoms with Gasteiger partial charge < -0.3 is 20.7 Å². The van der Waals surface area contributed by atoms with E-state index in [0.717, 1.165) is 76.1 Å². The maximum atomic E-state index is 14.1. The molecule has 2 saturated carbocycles. The molecule has 4 heterocycles. The summed E-state index contributed by atoms with van der Waals surface area (Å²) in [5, 5.41) is 16.4. The number of amides is 1.